The van der Waals surface area contributed by atoms with Crippen LogP contribution in [0.25, 0.3) is 11.0 Å². The SMILES string of the molecule is O=C(c1cnc2ccccc2n1)N1CC(Oc2ccccn2)C1. The molecule has 1 amide bonds. The van der Waals surface area contributed by atoms with Crippen molar-refractivity contribution in [1.82, 2.24) is 19.9 Å². The molecule has 1 saturated heterocycles. The molecule has 1 aromatic carbocycles. The Kier molecular flexibility index (Phi) is 3.34. The van der Waals surface area contributed by atoms with E-state index >= 15 is 0 Å². The standard InChI is InChI=1S/C17H14N4O2/c22-17(15-9-19-13-5-1-2-6-14(13)20-15)21-10-12(11-21)23-16-7-3-4-8-18-16/h1-9,12H,10-11H2. The van der Waals surface area contributed by atoms with E-state index in [1.165, 1.54) is 6.20 Å². The number of aromatic nitrogens is 3. The summed E-state index contributed by atoms with van der Waals surface area (Å²) in [6.45, 7) is 1.06. The van der Waals surface area contributed by atoms with E-state index in [1.807, 2.05) is 36.4 Å². The van der Waals surface area contributed by atoms with E-state index in [2.05, 4.69) is 15.0 Å². The first-order valence-electron chi connectivity index (χ1n) is 7.38. The average Bonchev–Trinajstić information content (AvgIpc) is 2.57. The van der Waals surface area contributed by atoms with Gasteiger partial charge in [0.05, 0.1) is 30.3 Å². The van der Waals surface area contributed by atoms with Crippen molar-refractivity contribution in [2.24, 2.45) is 0 Å². The first-order valence-corrected chi connectivity index (χ1v) is 7.38. The van der Waals surface area contributed by atoms with E-state index in [0.29, 0.717) is 24.7 Å². The van der Waals surface area contributed by atoms with E-state index in [9.17, 15) is 4.79 Å². The highest BCUT2D eigenvalue weighted by Gasteiger charge is 2.33. The van der Waals surface area contributed by atoms with Gasteiger partial charge in [0.2, 0.25) is 5.88 Å². The highest BCUT2D eigenvalue weighted by molar-refractivity contribution is 5.94. The van der Waals surface area contributed by atoms with Gasteiger partial charge in [-0.3, -0.25) is 9.78 Å². The van der Waals surface area contributed by atoms with Crippen LogP contribution in [0, 0.1) is 0 Å². The molecular formula is C17H14N4O2. The summed E-state index contributed by atoms with van der Waals surface area (Å²) in [5, 5.41) is 0. The molecule has 0 saturated carbocycles. The van der Waals surface area contributed by atoms with Crippen molar-refractivity contribution < 1.29 is 9.53 Å². The number of hydrogen-bond donors (Lipinski definition) is 0. The maximum Gasteiger partial charge on any atom is 0.274 e. The number of benzene rings is 1. The largest absolute Gasteiger partial charge is 0.471 e. The Morgan fingerprint density at radius 1 is 1.04 bits per heavy atom. The minimum atomic E-state index is -0.121. The van der Waals surface area contributed by atoms with E-state index in [1.54, 1.807) is 17.2 Å². The van der Waals surface area contributed by atoms with Crippen molar-refractivity contribution in [3.63, 3.8) is 0 Å². The van der Waals surface area contributed by atoms with Crippen LogP contribution in [0.4, 0.5) is 0 Å². The van der Waals surface area contributed by atoms with E-state index in [0.717, 1.165) is 11.0 Å². The predicted molar refractivity (Wildman–Crippen MR) is 84.1 cm³/mol. The molecule has 0 atom stereocenters. The third-order valence-corrected chi connectivity index (χ3v) is 3.73. The third-order valence-electron chi connectivity index (χ3n) is 3.73. The number of likely N-dealkylation sites (tertiary alicyclic amines) is 1. The average molecular weight is 306 g/mol. The molecule has 114 valence electrons. The molecule has 0 radical (unpaired) electrons. The lowest BCUT2D eigenvalue weighted by Gasteiger charge is -2.38. The second-order valence-corrected chi connectivity index (χ2v) is 5.36. The monoisotopic (exact) mass is 306 g/mol. The lowest BCUT2D eigenvalue weighted by atomic mass is 10.1. The zero-order valence-corrected chi connectivity index (χ0v) is 12.3. The zero-order valence-electron chi connectivity index (χ0n) is 12.3. The first kappa shape index (κ1) is 13.6. The van der Waals surface area contributed by atoms with Crippen molar-refractivity contribution >= 4 is 16.9 Å². The van der Waals surface area contributed by atoms with Gasteiger partial charge in [-0.25, -0.2) is 9.97 Å². The number of para-hydroxylation sites is 2. The molecule has 0 spiro atoms. The summed E-state index contributed by atoms with van der Waals surface area (Å²) in [5.74, 6) is 0.458. The maximum atomic E-state index is 12.4. The molecule has 2 aromatic heterocycles. The fraction of sp³-hybridized carbons (Fsp3) is 0.176. The van der Waals surface area contributed by atoms with Crippen LogP contribution in [-0.4, -0.2) is 45.0 Å². The predicted octanol–water partition coefficient (Wildman–Crippen LogP) is 1.93. The van der Waals surface area contributed by atoms with Crippen LogP contribution in [0.5, 0.6) is 5.88 Å². The molecule has 1 aliphatic heterocycles. The molecule has 6 heteroatoms. The van der Waals surface area contributed by atoms with Gasteiger partial charge < -0.3 is 9.64 Å². The summed E-state index contributed by atoms with van der Waals surface area (Å²) in [6, 6.07) is 13.0. The maximum absolute atomic E-state index is 12.4. The molecule has 0 N–H and O–H groups in total. The summed E-state index contributed by atoms with van der Waals surface area (Å²) in [4.78, 5) is 26.9. The summed E-state index contributed by atoms with van der Waals surface area (Å²) in [5.41, 5.74) is 1.86. The Balaban J connectivity index is 1.42. The Labute approximate surface area is 132 Å². The van der Waals surface area contributed by atoms with Crippen LogP contribution in [-0.2, 0) is 0 Å². The molecule has 0 unspecified atom stereocenters. The van der Waals surface area contributed by atoms with Crippen LogP contribution >= 0.6 is 0 Å². The number of fused-ring (bicyclic) bond motifs is 1. The molecule has 23 heavy (non-hydrogen) atoms. The summed E-state index contributed by atoms with van der Waals surface area (Å²) in [6.07, 6.45) is 3.18. The van der Waals surface area contributed by atoms with E-state index in [4.69, 9.17) is 4.74 Å². The molecule has 0 bridgehead atoms. The van der Waals surface area contributed by atoms with Gasteiger partial charge in [-0.05, 0) is 18.2 Å². The number of carbonyl (C=O) groups excluding carboxylic acids is 1. The van der Waals surface area contributed by atoms with Gasteiger partial charge in [0, 0.05) is 12.3 Å². The third kappa shape index (κ3) is 2.70. The Morgan fingerprint density at radius 3 is 2.61 bits per heavy atom. The number of carbonyl (C=O) groups is 1. The number of amides is 1. The second kappa shape index (κ2) is 5.64. The number of rotatable bonds is 3. The lowest BCUT2D eigenvalue weighted by molar-refractivity contribution is 0.0156. The van der Waals surface area contributed by atoms with Crippen LogP contribution in [0.3, 0.4) is 0 Å². The molecule has 1 aliphatic rings. The normalized spacial score (nSPS) is 14.5. The molecule has 0 aliphatic carbocycles. The van der Waals surface area contributed by atoms with Crippen LogP contribution in [0.1, 0.15) is 10.5 Å². The highest BCUT2D eigenvalue weighted by Crippen LogP contribution is 2.18. The van der Waals surface area contributed by atoms with Crippen molar-refractivity contribution in [3.8, 4) is 5.88 Å². The summed E-state index contributed by atoms with van der Waals surface area (Å²) in [7, 11) is 0. The summed E-state index contributed by atoms with van der Waals surface area (Å²) >= 11 is 0. The van der Waals surface area contributed by atoms with Gasteiger partial charge in [0.25, 0.3) is 5.91 Å². The van der Waals surface area contributed by atoms with Crippen LogP contribution < -0.4 is 4.74 Å². The molecule has 4 rings (SSSR count). The highest BCUT2D eigenvalue weighted by atomic mass is 16.5. The Morgan fingerprint density at radius 2 is 1.83 bits per heavy atom. The minimum Gasteiger partial charge on any atom is -0.471 e. The fourth-order valence-corrected chi connectivity index (χ4v) is 2.49. The van der Waals surface area contributed by atoms with Gasteiger partial charge in [-0.2, -0.15) is 0 Å². The van der Waals surface area contributed by atoms with Gasteiger partial charge in [0.1, 0.15) is 11.8 Å². The number of pyridine rings is 1. The van der Waals surface area contributed by atoms with E-state index in [-0.39, 0.29) is 12.0 Å². The topological polar surface area (TPSA) is 68.2 Å². The van der Waals surface area contributed by atoms with E-state index < -0.39 is 0 Å². The lowest BCUT2D eigenvalue weighted by Crippen LogP contribution is -2.56. The van der Waals surface area contributed by atoms with Crippen molar-refractivity contribution in [2.75, 3.05) is 13.1 Å². The quantitative estimate of drug-likeness (QED) is 0.739. The number of hydrogen-bond acceptors (Lipinski definition) is 5. The Hall–Kier alpha value is -3.02. The number of nitrogens with zero attached hydrogens (tertiary/aromatic N) is 4. The Bertz CT molecular complexity index is 847. The summed E-state index contributed by atoms with van der Waals surface area (Å²) < 4.78 is 5.70. The van der Waals surface area contributed by atoms with Gasteiger partial charge in [-0.1, -0.05) is 18.2 Å². The van der Waals surface area contributed by atoms with Crippen molar-refractivity contribution in [3.05, 3.63) is 60.6 Å². The smallest absolute Gasteiger partial charge is 0.274 e. The minimum absolute atomic E-state index is 0.0257. The molecule has 6 nitrogen and oxygen atoms in total. The zero-order chi connectivity index (χ0) is 15.6. The van der Waals surface area contributed by atoms with Gasteiger partial charge >= 0.3 is 0 Å². The van der Waals surface area contributed by atoms with Crippen molar-refractivity contribution in [2.45, 2.75) is 6.10 Å². The molecule has 3 aromatic rings. The molecule has 3 heterocycles. The second-order valence-electron chi connectivity index (χ2n) is 5.36. The first-order chi connectivity index (χ1) is 11.3. The van der Waals surface area contributed by atoms with Gasteiger partial charge in [0.15, 0.2) is 0 Å². The van der Waals surface area contributed by atoms with Crippen LogP contribution in [0.2, 0.25) is 0 Å². The van der Waals surface area contributed by atoms with Gasteiger partial charge in [-0.15, -0.1) is 0 Å². The number of ether oxygens (including phenoxy) is 1. The van der Waals surface area contributed by atoms with Crippen LogP contribution in [0.15, 0.2) is 54.9 Å². The van der Waals surface area contributed by atoms with Crippen molar-refractivity contribution in [1.29, 1.82) is 0 Å². The molecule has 1 fully saturated rings. The molecular weight excluding hydrogens is 292 g/mol. The fourth-order valence-electron chi connectivity index (χ4n) is 2.49.